The molecule has 1 saturated heterocycles. The Bertz CT molecular complexity index is 114. The Labute approximate surface area is 74.9 Å². The minimum atomic E-state index is -0.106. The van der Waals surface area contributed by atoms with Gasteiger partial charge in [0.15, 0.2) is 0 Å². The van der Waals surface area contributed by atoms with Crippen molar-refractivity contribution in [1.82, 2.24) is 0 Å². The average Bonchev–Trinajstić information content (AvgIpc) is 2.05. The van der Waals surface area contributed by atoms with E-state index in [9.17, 15) is 5.11 Å². The summed E-state index contributed by atoms with van der Waals surface area (Å²) in [5, 5.41) is 9.36. The number of rotatable bonds is 4. The summed E-state index contributed by atoms with van der Waals surface area (Å²) in [6.45, 7) is 2.95. The van der Waals surface area contributed by atoms with Crippen molar-refractivity contribution in [2.75, 3.05) is 6.61 Å². The molecule has 1 rings (SSSR count). The molecule has 1 aliphatic rings. The molecule has 0 aliphatic carbocycles. The first kappa shape index (κ1) is 10.0. The molecule has 0 saturated carbocycles. The van der Waals surface area contributed by atoms with Crippen LogP contribution < -0.4 is 0 Å². The molecule has 0 aromatic carbocycles. The molecule has 0 aromatic heterocycles. The van der Waals surface area contributed by atoms with Crippen LogP contribution in [0.15, 0.2) is 0 Å². The van der Waals surface area contributed by atoms with Crippen LogP contribution >= 0.6 is 0 Å². The first-order chi connectivity index (χ1) is 5.83. The minimum Gasteiger partial charge on any atom is -0.393 e. The molecule has 1 fully saturated rings. The third-order valence-electron chi connectivity index (χ3n) is 2.47. The van der Waals surface area contributed by atoms with E-state index >= 15 is 0 Å². The van der Waals surface area contributed by atoms with Crippen LogP contribution in [0.3, 0.4) is 0 Å². The summed E-state index contributed by atoms with van der Waals surface area (Å²) >= 11 is 0. The highest BCUT2D eigenvalue weighted by molar-refractivity contribution is 4.70. The lowest BCUT2D eigenvalue weighted by atomic mass is 10.0. The Morgan fingerprint density at radius 1 is 1.42 bits per heavy atom. The predicted molar refractivity (Wildman–Crippen MR) is 49.1 cm³/mol. The van der Waals surface area contributed by atoms with Gasteiger partial charge in [0.2, 0.25) is 0 Å². The first-order valence-corrected chi connectivity index (χ1v) is 5.12. The van der Waals surface area contributed by atoms with Gasteiger partial charge < -0.3 is 9.84 Å². The normalized spacial score (nSPS) is 30.5. The van der Waals surface area contributed by atoms with E-state index in [1.54, 1.807) is 0 Å². The van der Waals surface area contributed by atoms with Gasteiger partial charge in [-0.25, -0.2) is 0 Å². The number of unbranched alkanes of at least 4 members (excludes halogenated alkanes) is 2. The second-order valence-electron chi connectivity index (χ2n) is 3.67. The summed E-state index contributed by atoms with van der Waals surface area (Å²) in [6.07, 6.45) is 6.82. The molecule has 72 valence electrons. The molecule has 0 spiro atoms. The van der Waals surface area contributed by atoms with Gasteiger partial charge in [-0.3, -0.25) is 0 Å². The maximum absolute atomic E-state index is 9.36. The molecule has 2 unspecified atom stereocenters. The number of hydrogen-bond donors (Lipinski definition) is 1. The highest BCUT2D eigenvalue weighted by Crippen LogP contribution is 2.18. The molecule has 0 radical (unpaired) electrons. The van der Waals surface area contributed by atoms with Gasteiger partial charge in [0.05, 0.1) is 12.2 Å². The fourth-order valence-electron chi connectivity index (χ4n) is 1.68. The molecule has 2 heteroatoms. The van der Waals surface area contributed by atoms with Gasteiger partial charge in [-0.2, -0.15) is 0 Å². The number of ether oxygens (including phenoxy) is 1. The van der Waals surface area contributed by atoms with Crippen LogP contribution in [0.4, 0.5) is 0 Å². The van der Waals surface area contributed by atoms with Gasteiger partial charge in [0.25, 0.3) is 0 Å². The zero-order valence-electron chi connectivity index (χ0n) is 7.96. The largest absolute Gasteiger partial charge is 0.393 e. The highest BCUT2D eigenvalue weighted by Gasteiger charge is 2.19. The topological polar surface area (TPSA) is 29.5 Å². The zero-order chi connectivity index (χ0) is 8.81. The van der Waals surface area contributed by atoms with Gasteiger partial charge in [-0.1, -0.05) is 26.2 Å². The fraction of sp³-hybridized carbons (Fsp3) is 1.00. The molecular weight excluding hydrogens is 152 g/mol. The second kappa shape index (κ2) is 5.55. The van der Waals surface area contributed by atoms with Crippen molar-refractivity contribution in [2.24, 2.45) is 0 Å². The van der Waals surface area contributed by atoms with Crippen LogP contribution in [0.25, 0.3) is 0 Å². The van der Waals surface area contributed by atoms with E-state index in [2.05, 4.69) is 6.92 Å². The van der Waals surface area contributed by atoms with Crippen molar-refractivity contribution < 1.29 is 9.84 Å². The number of hydrogen-bond acceptors (Lipinski definition) is 2. The summed E-state index contributed by atoms with van der Waals surface area (Å²) in [4.78, 5) is 0. The molecular formula is C10H20O2. The van der Waals surface area contributed by atoms with Crippen LogP contribution in [-0.2, 0) is 4.74 Å². The maximum atomic E-state index is 9.36. The summed E-state index contributed by atoms with van der Waals surface area (Å²) in [5.74, 6) is 0. The molecule has 12 heavy (non-hydrogen) atoms. The van der Waals surface area contributed by atoms with Crippen molar-refractivity contribution in [3.05, 3.63) is 0 Å². The minimum absolute atomic E-state index is 0.106. The molecule has 1 heterocycles. The monoisotopic (exact) mass is 172 g/mol. The summed E-state index contributed by atoms with van der Waals surface area (Å²) in [5.41, 5.74) is 0. The summed E-state index contributed by atoms with van der Waals surface area (Å²) in [6, 6.07) is 0. The molecule has 0 bridgehead atoms. The summed E-state index contributed by atoms with van der Waals surface area (Å²) in [7, 11) is 0. The van der Waals surface area contributed by atoms with Gasteiger partial charge in [0.1, 0.15) is 0 Å². The Morgan fingerprint density at radius 2 is 2.25 bits per heavy atom. The van der Waals surface area contributed by atoms with Crippen LogP contribution in [0.5, 0.6) is 0 Å². The zero-order valence-corrected chi connectivity index (χ0v) is 7.96. The highest BCUT2D eigenvalue weighted by atomic mass is 16.5. The molecule has 0 amide bonds. The van der Waals surface area contributed by atoms with Crippen LogP contribution in [0, 0.1) is 0 Å². The number of aliphatic hydroxyl groups is 1. The van der Waals surface area contributed by atoms with Crippen molar-refractivity contribution in [2.45, 2.75) is 57.7 Å². The van der Waals surface area contributed by atoms with E-state index in [1.165, 1.54) is 19.3 Å². The van der Waals surface area contributed by atoms with E-state index in [4.69, 9.17) is 4.74 Å². The average molecular weight is 172 g/mol. The Morgan fingerprint density at radius 3 is 2.92 bits per heavy atom. The smallest absolute Gasteiger partial charge is 0.0599 e. The second-order valence-corrected chi connectivity index (χ2v) is 3.67. The lowest BCUT2D eigenvalue weighted by molar-refractivity contribution is -0.0470. The Hall–Kier alpha value is -0.0800. The lowest BCUT2D eigenvalue weighted by Gasteiger charge is -2.26. The fourth-order valence-corrected chi connectivity index (χ4v) is 1.68. The number of aliphatic hydroxyl groups excluding tert-OH is 1. The van der Waals surface area contributed by atoms with Crippen molar-refractivity contribution in [3.8, 4) is 0 Å². The van der Waals surface area contributed by atoms with Crippen LogP contribution in [0.2, 0.25) is 0 Å². The van der Waals surface area contributed by atoms with Gasteiger partial charge >= 0.3 is 0 Å². The quantitative estimate of drug-likeness (QED) is 0.658. The van der Waals surface area contributed by atoms with E-state index in [-0.39, 0.29) is 6.10 Å². The summed E-state index contributed by atoms with van der Waals surface area (Å²) < 4.78 is 5.53. The first-order valence-electron chi connectivity index (χ1n) is 5.12. The standard InChI is InChI=1S/C10H20O2/c1-2-3-4-5-10-8-9(11)6-7-12-10/h9-11H,2-8H2,1H3. The molecule has 0 aromatic rings. The van der Waals surface area contributed by atoms with Gasteiger partial charge in [-0.15, -0.1) is 0 Å². The predicted octanol–water partition coefficient (Wildman–Crippen LogP) is 2.11. The molecule has 2 atom stereocenters. The SMILES string of the molecule is CCCCCC1CC(O)CCO1. The Balaban J connectivity index is 2.06. The van der Waals surface area contributed by atoms with Crippen molar-refractivity contribution in [1.29, 1.82) is 0 Å². The van der Waals surface area contributed by atoms with Crippen LogP contribution in [0.1, 0.15) is 45.4 Å². The van der Waals surface area contributed by atoms with E-state index in [1.807, 2.05) is 0 Å². The van der Waals surface area contributed by atoms with Crippen LogP contribution in [-0.4, -0.2) is 23.9 Å². The maximum Gasteiger partial charge on any atom is 0.0599 e. The third-order valence-corrected chi connectivity index (χ3v) is 2.47. The lowest BCUT2D eigenvalue weighted by Crippen LogP contribution is -2.28. The molecule has 1 aliphatic heterocycles. The van der Waals surface area contributed by atoms with E-state index in [0.29, 0.717) is 6.10 Å². The molecule has 2 nitrogen and oxygen atoms in total. The Kier molecular flexibility index (Phi) is 4.62. The van der Waals surface area contributed by atoms with E-state index < -0.39 is 0 Å². The van der Waals surface area contributed by atoms with E-state index in [0.717, 1.165) is 25.9 Å². The van der Waals surface area contributed by atoms with Gasteiger partial charge in [-0.05, 0) is 19.3 Å². The van der Waals surface area contributed by atoms with Gasteiger partial charge in [0, 0.05) is 6.61 Å². The van der Waals surface area contributed by atoms with Crippen molar-refractivity contribution in [3.63, 3.8) is 0 Å². The molecule has 1 N–H and O–H groups in total. The third kappa shape index (κ3) is 3.55. The van der Waals surface area contributed by atoms with Crippen molar-refractivity contribution >= 4 is 0 Å².